The summed E-state index contributed by atoms with van der Waals surface area (Å²) in [6.07, 6.45) is 0. The number of nitrogens with zero attached hydrogens (tertiary/aromatic N) is 3. The van der Waals surface area contributed by atoms with Crippen LogP contribution in [0.25, 0.3) is 11.1 Å². The van der Waals surface area contributed by atoms with Gasteiger partial charge in [-0.2, -0.15) is 0 Å². The minimum Gasteiger partial charge on any atom is -0.406 e. The Morgan fingerprint density at radius 1 is 1.24 bits per heavy atom. The van der Waals surface area contributed by atoms with Gasteiger partial charge >= 0.3 is 11.8 Å². The monoisotopic (exact) mass is 290 g/mol. The minimum absolute atomic E-state index is 0.0287. The summed E-state index contributed by atoms with van der Waals surface area (Å²) in [5, 5.41) is 0. The van der Waals surface area contributed by atoms with Gasteiger partial charge in [-0.25, -0.2) is 9.59 Å². The van der Waals surface area contributed by atoms with Gasteiger partial charge in [0.25, 0.3) is 0 Å². The molecule has 2 aromatic rings. The van der Waals surface area contributed by atoms with Crippen molar-refractivity contribution in [1.82, 2.24) is 14.8 Å². The number of hydrogen-bond donors (Lipinski definition) is 1. The number of hydrogen-bond acceptors (Lipinski definition) is 4. The highest BCUT2D eigenvalue weighted by Crippen LogP contribution is 2.25. The smallest absolute Gasteiger partial charge is 0.406 e. The first kappa shape index (κ1) is 13.5. The number of para-hydroxylation sites is 1. The van der Waals surface area contributed by atoms with Gasteiger partial charge < -0.3 is 19.1 Å². The van der Waals surface area contributed by atoms with E-state index in [0.29, 0.717) is 37.3 Å². The van der Waals surface area contributed by atoms with E-state index in [-0.39, 0.29) is 6.03 Å². The standard InChI is InChI=1S/C14H18N4O3/c1-16(2)14(20)18-8-6-17(7-9-18)11-5-3-4-10-12(11)21-13(19)15-10/h3-5H,6-9H2,1-2H3,(H,15,19). The number of piperazine rings is 1. The molecule has 0 saturated carbocycles. The van der Waals surface area contributed by atoms with E-state index in [9.17, 15) is 9.59 Å². The number of anilines is 1. The summed E-state index contributed by atoms with van der Waals surface area (Å²) < 4.78 is 5.22. The van der Waals surface area contributed by atoms with Gasteiger partial charge in [0, 0.05) is 40.3 Å². The molecule has 112 valence electrons. The SMILES string of the molecule is CN(C)C(=O)N1CCN(c2cccc3[nH]c(=O)oc23)CC1. The molecular weight excluding hydrogens is 272 g/mol. The van der Waals surface area contributed by atoms with Crippen molar-refractivity contribution in [3.63, 3.8) is 0 Å². The quantitative estimate of drug-likeness (QED) is 0.848. The minimum atomic E-state index is -0.445. The second-order valence-corrected chi connectivity index (χ2v) is 5.32. The van der Waals surface area contributed by atoms with Crippen LogP contribution in [-0.4, -0.2) is 61.1 Å². The molecule has 7 heteroatoms. The number of H-pyrrole nitrogens is 1. The van der Waals surface area contributed by atoms with Gasteiger partial charge in [-0.1, -0.05) is 6.07 Å². The summed E-state index contributed by atoms with van der Waals surface area (Å²) in [6, 6.07) is 5.67. The first-order chi connectivity index (χ1) is 10.1. The number of carbonyl (C=O) groups excluding carboxylic acids is 1. The Bertz CT molecular complexity index is 710. The third-order valence-electron chi connectivity index (χ3n) is 3.70. The molecular formula is C14H18N4O3. The van der Waals surface area contributed by atoms with Crippen LogP contribution in [0.5, 0.6) is 0 Å². The fraction of sp³-hybridized carbons (Fsp3) is 0.429. The third-order valence-corrected chi connectivity index (χ3v) is 3.70. The van der Waals surface area contributed by atoms with Crippen LogP contribution in [0.1, 0.15) is 0 Å². The highest BCUT2D eigenvalue weighted by molar-refractivity contribution is 5.86. The van der Waals surface area contributed by atoms with E-state index in [1.54, 1.807) is 19.0 Å². The van der Waals surface area contributed by atoms with Crippen molar-refractivity contribution in [1.29, 1.82) is 0 Å². The molecule has 2 heterocycles. The molecule has 1 fully saturated rings. The van der Waals surface area contributed by atoms with Crippen LogP contribution in [-0.2, 0) is 0 Å². The van der Waals surface area contributed by atoms with Crippen LogP contribution >= 0.6 is 0 Å². The molecule has 3 rings (SSSR count). The Hall–Kier alpha value is -2.44. The van der Waals surface area contributed by atoms with E-state index in [2.05, 4.69) is 9.88 Å². The summed E-state index contributed by atoms with van der Waals surface area (Å²) in [4.78, 5) is 31.5. The predicted molar refractivity (Wildman–Crippen MR) is 79.7 cm³/mol. The van der Waals surface area contributed by atoms with Crippen LogP contribution in [0.15, 0.2) is 27.4 Å². The summed E-state index contributed by atoms with van der Waals surface area (Å²) in [7, 11) is 3.51. The van der Waals surface area contributed by atoms with E-state index in [1.165, 1.54) is 0 Å². The maximum absolute atomic E-state index is 11.9. The summed E-state index contributed by atoms with van der Waals surface area (Å²) >= 11 is 0. The molecule has 21 heavy (non-hydrogen) atoms. The van der Waals surface area contributed by atoms with Crippen molar-refractivity contribution in [2.24, 2.45) is 0 Å². The highest BCUT2D eigenvalue weighted by Gasteiger charge is 2.24. The van der Waals surface area contributed by atoms with Gasteiger partial charge in [-0.15, -0.1) is 0 Å². The number of carbonyl (C=O) groups is 1. The number of nitrogens with one attached hydrogen (secondary N) is 1. The molecule has 1 aliphatic rings. The van der Waals surface area contributed by atoms with Crippen molar-refractivity contribution in [2.75, 3.05) is 45.2 Å². The molecule has 0 atom stereocenters. The fourth-order valence-corrected chi connectivity index (χ4v) is 2.63. The molecule has 1 aromatic heterocycles. The number of aromatic nitrogens is 1. The lowest BCUT2D eigenvalue weighted by Gasteiger charge is -2.37. The first-order valence-corrected chi connectivity index (χ1v) is 6.89. The topological polar surface area (TPSA) is 72.8 Å². The Kier molecular flexibility index (Phi) is 3.32. The zero-order valence-corrected chi connectivity index (χ0v) is 12.1. The van der Waals surface area contributed by atoms with Crippen molar-refractivity contribution in [3.8, 4) is 0 Å². The Morgan fingerprint density at radius 2 is 1.95 bits per heavy atom. The number of urea groups is 1. The summed E-state index contributed by atoms with van der Waals surface area (Å²) in [6.45, 7) is 2.74. The molecule has 1 N–H and O–H groups in total. The lowest BCUT2D eigenvalue weighted by atomic mass is 10.2. The predicted octanol–water partition coefficient (Wildman–Crippen LogP) is 0.925. The number of fused-ring (bicyclic) bond motifs is 1. The van der Waals surface area contributed by atoms with Crippen molar-refractivity contribution in [3.05, 3.63) is 28.7 Å². The molecule has 1 aliphatic heterocycles. The zero-order chi connectivity index (χ0) is 15.0. The van der Waals surface area contributed by atoms with E-state index in [1.807, 2.05) is 23.1 Å². The van der Waals surface area contributed by atoms with Gasteiger partial charge in [0.1, 0.15) is 0 Å². The van der Waals surface area contributed by atoms with Gasteiger partial charge in [-0.3, -0.25) is 4.98 Å². The molecule has 7 nitrogen and oxygen atoms in total. The van der Waals surface area contributed by atoms with Gasteiger partial charge in [0.15, 0.2) is 5.58 Å². The Balaban J connectivity index is 1.80. The van der Waals surface area contributed by atoms with Gasteiger partial charge in [0.05, 0.1) is 11.2 Å². The van der Waals surface area contributed by atoms with E-state index in [0.717, 1.165) is 5.69 Å². The first-order valence-electron chi connectivity index (χ1n) is 6.89. The Labute approximate surface area is 121 Å². The van der Waals surface area contributed by atoms with E-state index < -0.39 is 5.76 Å². The van der Waals surface area contributed by atoms with Crippen molar-refractivity contribution >= 4 is 22.8 Å². The van der Waals surface area contributed by atoms with Gasteiger partial charge in [-0.05, 0) is 12.1 Å². The second-order valence-electron chi connectivity index (χ2n) is 5.32. The average molecular weight is 290 g/mol. The average Bonchev–Trinajstić information content (AvgIpc) is 2.86. The van der Waals surface area contributed by atoms with Crippen molar-refractivity contribution in [2.45, 2.75) is 0 Å². The normalized spacial score (nSPS) is 15.5. The van der Waals surface area contributed by atoms with Crippen LogP contribution < -0.4 is 10.7 Å². The van der Waals surface area contributed by atoms with Gasteiger partial charge in [0.2, 0.25) is 0 Å². The third kappa shape index (κ3) is 2.46. The number of aromatic amines is 1. The number of rotatable bonds is 1. The molecule has 1 aromatic carbocycles. The lowest BCUT2D eigenvalue weighted by Crippen LogP contribution is -2.51. The molecule has 1 saturated heterocycles. The number of amides is 2. The number of benzene rings is 1. The summed E-state index contributed by atoms with van der Waals surface area (Å²) in [5.74, 6) is -0.445. The van der Waals surface area contributed by atoms with E-state index >= 15 is 0 Å². The maximum Gasteiger partial charge on any atom is 0.417 e. The Morgan fingerprint density at radius 3 is 2.62 bits per heavy atom. The zero-order valence-electron chi connectivity index (χ0n) is 12.1. The molecule has 0 unspecified atom stereocenters. The van der Waals surface area contributed by atoms with E-state index in [4.69, 9.17) is 4.42 Å². The van der Waals surface area contributed by atoms with Crippen LogP contribution in [0, 0.1) is 0 Å². The lowest BCUT2D eigenvalue weighted by molar-refractivity contribution is 0.168. The van der Waals surface area contributed by atoms with Crippen LogP contribution in [0.3, 0.4) is 0 Å². The van der Waals surface area contributed by atoms with Crippen LogP contribution in [0.4, 0.5) is 10.5 Å². The van der Waals surface area contributed by atoms with Crippen molar-refractivity contribution < 1.29 is 9.21 Å². The molecule has 0 spiro atoms. The second kappa shape index (κ2) is 5.16. The fourth-order valence-electron chi connectivity index (χ4n) is 2.63. The summed E-state index contributed by atoms with van der Waals surface area (Å²) in [5.41, 5.74) is 2.17. The van der Waals surface area contributed by atoms with Crippen LogP contribution in [0.2, 0.25) is 0 Å². The molecule has 0 bridgehead atoms. The maximum atomic E-state index is 11.9. The highest BCUT2D eigenvalue weighted by atomic mass is 16.4. The molecule has 0 radical (unpaired) electrons. The molecule has 0 aliphatic carbocycles. The molecule has 2 amide bonds. The number of oxazole rings is 1. The largest absolute Gasteiger partial charge is 0.417 e.